The molecular weight excluding hydrogens is 358 g/mol. The minimum absolute atomic E-state index is 0.0586. The molecule has 0 saturated carbocycles. The van der Waals surface area contributed by atoms with Gasteiger partial charge in [-0.15, -0.1) is 0 Å². The Bertz CT molecular complexity index is 825. The van der Waals surface area contributed by atoms with Crippen molar-refractivity contribution in [3.63, 3.8) is 0 Å². The van der Waals surface area contributed by atoms with Gasteiger partial charge in [-0.25, -0.2) is 0 Å². The molecule has 150 valence electrons. The average molecular weight is 388 g/mol. The Morgan fingerprint density at radius 2 is 1.45 bits per heavy atom. The second-order valence-electron chi connectivity index (χ2n) is 7.74. The van der Waals surface area contributed by atoms with Gasteiger partial charge in [-0.1, -0.05) is 72.8 Å². The minimum atomic E-state index is -0.0586. The maximum absolute atomic E-state index is 9.50. The van der Waals surface area contributed by atoms with Crippen molar-refractivity contribution in [1.82, 2.24) is 4.90 Å². The Kier molecular flexibility index (Phi) is 6.60. The van der Waals surface area contributed by atoms with Crippen LogP contribution in [-0.4, -0.2) is 29.3 Å². The van der Waals surface area contributed by atoms with Gasteiger partial charge in [0.1, 0.15) is 18.1 Å². The highest BCUT2D eigenvalue weighted by Gasteiger charge is 2.27. The number of rotatable bonds is 7. The second kappa shape index (κ2) is 9.73. The molecule has 1 N–H and O–H groups in total. The molecule has 1 fully saturated rings. The first-order valence-corrected chi connectivity index (χ1v) is 10.6. The third kappa shape index (κ3) is 5.26. The summed E-state index contributed by atoms with van der Waals surface area (Å²) in [7, 11) is 0. The molecule has 1 atom stereocenters. The highest BCUT2D eigenvalue weighted by atomic mass is 16.5. The largest absolute Gasteiger partial charge is 0.508 e. The van der Waals surface area contributed by atoms with Crippen molar-refractivity contribution in [3.05, 3.63) is 102 Å². The molecule has 1 heterocycles. The predicted octanol–water partition coefficient (Wildman–Crippen LogP) is 5.55. The number of hydrogen-bond acceptors (Lipinski definition) is 3. The van der Waals surface area contributed by atoms with Crippen LogP contribution in [0.25, 0.3) is 0 Å². The number of piperidine rings is 1. The smallest absolute Gasteiger partial charge is 0.115 e. The van der Waals surface area contributed by atoms with Crippen LogP contribution in [0, 0.1) is 0 Å². The van der Waals surface area contributed by atoms with E-state index < -0.39 is 0 Å². The molecule has 0 bridgehead atoms. The molecule has 3 heteroatoms. The van der Waals surface area contributed by atoms with E-state index in [0.717, 1.165) is 25.9 Å². The van der Waals surface area contributed by atoms with Gasteiger partial charge in [-0.05, 0) is 54.5 Å². The Morgan fingerprint density at radius 1 is 0.828 bits per heavy atom. The molecule has 0 aromatic heterocycles. The van der Waals surface area contributed by atoms with Crippen LogP contribution in [-0.2, 0) is 11.2 Å². The first kappa shape index (κ1) is 19.7. The van der Waals surface area contributed by atoms with Crippen LogP contribution >= 0.6 is 0 Å². The van der Waals surface area contributed by atoms with Gasteiger partial charge in [-0.3, -0.25) is 4.90 Å². The first-order chi connectivity index (χ1) is 14.3. The first-order valence-electron chi connectivity index (χ1n) is 10.6. The van der Waals surface area contributed by atoms with E-state index >= 15 is 0 Å². The molecule has 0 radical (unpaired) electrons. The molecule has 0 spiro atoms. The molecule has 0 amide bonds. The lowest BCUT2D eigenvalue weighted by molar-refractivity contribution is -0.105. The van der Waals surface area contributed by atoms with Crippen LogP contribution in [0.1, 0.15) is 42.1 Å². The van der Waals surface area contributed by atoms with Gasteiger partial charge in [0.05, 0.1) is 0 Å². The SMILES string of the molecule is Oc1ccc(CCN2CCCC[C@H]2OC(c2ccccc2)c2ccccc2)cc1. The predicted molar refractivity (Wildman–Crippen MR) is 117 cm³/mol. The van der Waals surface area contributed by atoms with Crippen LogP contribution in [0.15, 0.2) is 84.9 Å². The van der Waals surface area contributed by atoms with Crippen LogP contribution in [0.2, 0.25) is 0 Å². The number of nitrogens with zero attached hydrogens (tertiary/aromatic N) is 1. The van der Waals surface area contributed by atoms with Gasteiger partial charge in [0.2, 0.25) is 0 Å². The van der Waals surface area contributed by atoms with E-state index in [-0.39, 0.29) is 12.3 Å². The molecule has 3 aromatic rings. The maximum Gasteiger partial charge on any atom is 0.115 e. The van der Waals surface area contributed by atoms with E-state index in [2.05, 4.69) is 65.6 Å². The highest BCUT2D eigenvalue weighted by molar-refractivity contribution is 5.30. The summed E-state index contributed by atoms with van der Waals surface area (Å²) in [5, 5.41) is 9.50. The standard InChI is InChI=1S/C26H29NO2/c28-24-16-14-21(15-17-24)18-20-27-19-8-7-13-25(27)29-26(22-9-3-1-4-10-22)23-11-5-2-6-12-23/h1-6,9-12,14-17,25-26,28H,7-8,13,18-20H2/t25-/m1/s1. The van der Waals surface area contributed by atoms with Crippen molar-refractivity contribution >= 4 is 0 Å². The van der Waals surface area contributed by atoms with Crippen LogP contribution in [0.5, 0.6) is 5.75 Å². The summed E-state index contributed by atoms with van der Waals surface area (Å²) in [6, 6.07) is 28.6. The molecular formula is C26H29NO2. The zero-order chi connectivity index (χ0) is 19.9. The number of hydrogen-bond donors (Lipinski definition) is 1. The van der Waals surface area contributed by atoms with Crippen molar-refractivity contribution < 1.29 is 9.84 Å². The third-order valence-corrected chi connectivity index (χ3v) is 5.68. The maximum atomic E-state index is 9.50. The van der Waals surface area contributed by atoms with E-state index in [0.29, 0.717) is 5.75 Å². The molecule has 0 aliphatic carbocycles. The lowest BCUT2D eigenvalue weighted by Crippen LogP contribution is -2.43. The van der Waals surface area contributed by atoms with E-state index in [9.17, 15) is 5.11 Å². The van der Waals surface area contributed by atoms with Crippen LogP contribution in [0.3, 0.4) is 0 Å². The minimum Gasteiger partial charge on any atom is -0.508 e. The zero-order valence-corrected chi connectivity index (χ0v) is 16.8. The Hall–Kier alpha value is -2.62. The van der Waals surface area contributed by atoms with Crippen LogP contribution in [0.4, 0.5) is 0 Å². The normalized spacial score (nSPS) is 17.5. The number of likely N-dealkylation sites (tertiary alicyclic amines) is 1. The van der Waals surface area contributed by atoms with Crippen molar-refractivity contribution in [3.8, 4) is 5.75 Å². The average Bonchev–Trinajstić information content (AvgIpc) is 2.79. The molecule has 1 aliphatic heterocycles. The fourth-order valence-corrected chi connectivity index (χ4v) is 4.07. The fraction of sp³-hybridized carbons (Fsp3) is 0.308. The fourth-order valence-electron chi connectivity index (χ4n) is 4.07. The van der Waals surface area contributed by atoms with Gasteiger partial charge in [0, 0.05) is 13.1 Å². The van der Waals surface area contributed by atoms with Gasteiger partial charge >= 0.3 is 0 Å². The van der Waals surface area contributed by atoms with Gasteiger partial charge in [0.15, 0.2) is 0 Å². The Labute approximate surface area is 173 Å². The van der Waals surface area contributed by atoms with Gasteiger partial charge in [0.25, 0.3) is 0 Å². The van der Waals surface area contributed by atoms with Gasteiger partial charge < -0.3 is 9.84 Å². The number of benzene rings is 3. The van der Waals surface area contributed by atoms with E-state index in [1.807, 2.05) is 12.1 Å². The van der Waals surface area contributed by atoms with Crippen molar-refractivity contribution in [2.24, 2.45) is 0 Å². The molecule has 0 unspecified atom stereocenters. The van der Waals surface area contributed by atoms with E-state index in [4.69, 9.17) is 4.74 Å². The molecule has 29 heavy (non-hydrogen) atoms. The zero-order valence-electron chi connectivity index (χ0n) is 16.8. The lowest BCUT2D eigenvalue weighted by Gasteiger charge is -2.38. The number of phenols is 1. The summed E-state index contributed by atoms with van der Waals surface area (Å²) in [5.74, 6) is 0.321. The third-order valence-electron chi connectivity index (χ3n) is 5.68. The number of phenolic OH excluding ortho intramolecular Hbond substituents is 1. The summed E-state index contributed by atoms with van der Waals surface area (Å²) in [4.78, 5) is 2.48. The van der Waals surface area contributed by atoms with Gasteiger partial charge in [-0.2, -0.15) is 0 Å². The molecule has 3 nitrogen and oxygen atoms in total. The summed E-state index contributed by atoms with van der Waals surface area (Å²) in [5.41, 5.74) is 3.64. The molecule has 1 saturated heterocycles. The van der Waals surface area contributed by atoms with Crippen molar-refractivity contribution in [2.75, 3.05) is 13.1 Å². The molecule has 4 rings (SSSR count). The topological polar surface area (TPSA) is 32.7 Å². The molecule has 1 aliphatic rings. The second-order valence-corrected chi connectivity index (χ2v) is 7.74. The quantitative estimate of drug-likeness (QED) is 0.577. The van der Waals surface area contributed by atoms with E-state index in [1.165, 1.54) is 29.5 Å². The Morgan fingerprint density at radius 3 is 2.07 bits per heavy atom. The summed E-state index contributed by atoms with van der Waals surface area (Å²) < 4.78 is 6.77. The summed E-state index contributed by atoms with van der Waals surface area (Å²) >= 11 is 0. The lowest BCUT2D eigenvalue weighted by atomic mass is 10.0. The number of aromatic hydroxyl groups is 1. The summed E-state index contributed by atoms with van der Waals surface area (Å²) in [6.45, 7) is 2.03. The van der Waals surface area contributed by atoms with Crippen molar-refractivity contribution in [2.45, 2.75) is 38.0 Å². The van der Waals surface area contributed by atoms with Crippen molar-refractivity contribution in [1.29, 1.82) is 0 Å². The monoisotopic (exact) mass is 387 g/mol. The van der Waals surface area contributed by atoms with E-state index in [1.54, 1.807) is 12.1 Å². The molecule has 3 aromatic carbocycles. The summed E-state index contributed by atoms with van der Waals surface area (Å²) in [6.07, 6.45) is 4.50. The highest BCUT2D eigenvalue weighted by Crippen LogP contribution is 2.31. The van der Waals surface area contributed by atoms with Crippen LogP contribution < -0.4 is 0 Å². The Balaban J connectivity index is 1.49. The number of ether oxygens (including phenoxy) is 1.